The minimum atomic E-state index is -0.294. The quantitative estimate of drug-likeness (QED) is 0.626. The second-order valence-electron chi connectivity index (χ2n) is 6.11. The average Bonchev–Trinajstić information content (AvgIpc) is 2.50. The van der Waals surface area contributed by atoms with E-state index in [-0.39, 0.29) is 10.6 Å². The van der Waals surface area contributed by atoms with Gasteiger partial charge in [0.25, 0.3) is 5.69 Å². The largest absolute Gasteiger partial charge is 0.310 e. The fraction of sp³-hybridized carbons (Fsp3) is 0.647. The van der Waals surface area contributed by atoms with Gasteiger partial charge in [0, 0.05) is 24.2 Å². The van der Waals surface area contributed by atoms with Crippen molar-refractivity contribution in [3.8, 4) is 0 Å². The smallest absolute Gasteiger partial charge is 0.272 e. The zero-order valence-corrected chi connectivity index (χ0v) is 13.1. The summed E-state index contributed by atoms with van der Waals surface area (Å²) in [4.78, 5) is 10.7. The Bertz CT molecular complexity index is 482. The van der Waals surface area contributed by atoms with Crippen LogP contribution in [0.4, 0.5) is 5.69 Å². The Balaban J connectivity index is 2.01. The van der Waals surface area contributed by atoms with Crippen LogP contribution in [-0.4, -0.2) is 11.0 Å². The predicted molar refractivity (Wildman–Crippen MR) is 85.3 cm³/mol. The summed E-state index contributed by atoms with van der Waals surface area (Å²) in [6.07, 6.45) is 7.83. The topological polar surface area (TPSA) is 55.2 Å². The number of hydrogen-bond donors (Lipinski definition) is 1. The molecule has 1 fully saturated rings. The molecular weight excluding hydrogens is 264 g/mol. The highest BCUT2D eigenvalue weighted by atomic mass is 16.6. The molecule has 0 spiro atoms. The molecule has 0 bridgehead atoms. The SMILES string of the molecule is CCC(NCc1cccc([N+](=O)[O-])c1C)C1CCCCC1. The predicted octanol–water partition coefficient (Wildman–Crippen LogP) is 4.35. The Morgan fingerprint density at radius 2 is 2.05 bits per heavy atom. The van der Waals surface area contributed by atoms with Crippen molar-refractivity contribution in [2.45, 2.75) is 65.0 Å². The van der Waals surface area contributed by atoms with Gasteiger partial charge in [0.2, 0.25) is 0 Å². The first-order valence-electron chi connectivity index (χ1n) is 8.09. The second kappa shape index (κ2) is 7.55. The maximum absolute atomic E-state index is 11.0. The van der Waals surface area contributed by atoms with Gasteiger partial charge in [-0.3, -0.25) is 10.1 Å². The van der Waals surface area contributed by atoms with Crippen molar-refractivity contribution in [1.29, 1.82) is 0 Å². The number of rotatable bonds is 6. The van der Waals surface area contributed by atoms with Gasteiger partial charge in [-0.05, 0) is 37.7 Å². The first-order valence-corrected chi connectivity index (χ1v) is 8.09. The van der Waals surface area contributed by atoms with E-state index in [9.17, 15) is 10.1 Å². The zero-order chi connectivity index (χ0) is 15.2. The Morgan fingerprint density at radius 1 is 1.33 bits per heavy atom. The van der Waals surface area contributed by atoms with Gasteiger partial charge in [-0.25, -0.2) is 0 Å². The van der Waals surface area contributed by atoms with Crippen LogP contribution in [0.3, 0.4) is 0 Å². The summed E-state index contributed by atoms with van der Waals surface area (Å²) < 4.78 is 0. The van der Waals surface area contributed by atoms with Gasteiger partial charge < -0.3 is 5.32 Å². The van der Waals surface area contributed by atoms with Crippen molar-refractivity contribution in [3.05, 3.63) is 39.4 Å². The Kier molecular flexibility index (Phi) is 5.74. The van der Waals surface area contributed by atoms with Gasteiger partial charge in [-0.15, -0.1) is 0 Å². The number of nitrogens with zero attached hydrogens (tertiary/aromatic N) is 1. The highest BCUT2D eigenvalue weighted by molar-refractivity contribution is 5.44. The molecule has 1 aromatic carbocycles. The highest BCUT2D eigenvalue weighted by Crippen LogP contribution is 2.28. The number of benzene rings is 1. The Morgan fingerprint density at radius 3 is 2.67 bits per heavy atom. The van der Waals surface area contributed by atoms with E-state index in [0.717, 1.165) is 30.0 Å². The van der Waals surface area contributed by atoms with Crippen LogP contribution in [-0.2, 0) is 6.54 Å². The lowest BCUT2D eigenvalue weighted by molar-refractivity contribution is -0.385. The fourth-order valence-electron chi connectivity index (χ4n) is 3.48. The molecule has 4 heteroatoms. The Hall–Kier alpha value is -1.42. The van der Waals surface area contributed by atoms with Crippen molar-refractivity contribution in [1.82, 2.24) is 5.32 Å². The summed E-state index contributed by atoms with van der Waals surface area (Å²) in [6, 6.07) is 5.88. The van der Waals surface area contributed by atoms with Gasteiger partial charge in [0.15, 0.2) is 0 Å². The minimum Gasteiger partial charge on any atom is -0.310 e. The molecule has 0 heterocycles. The second-order valence-corrected chi connectivity index (χ2v) is 6.11. The van der Waals surface area contributed by atoms with Crippen molar-refractivity contribution < 1.29 is 4.92 Å². The molecule has 1 atom stereocenters. The molecule has 4 nitrogen and oxygen atoms in total. The van der Waals surface area contributed by atoms with E-state index in [0.29, 0.717) is 6.04 Å². The molecule has 0 saturated heterocycles. The van der Waals surface area contributed by atoms with Gasteiger partial charge in [-0.2, -0.15) is 0 Å². The van der Waals surface area contributed by atoms with Crippen LogP contribution in [0.15, 0.2) is 18.2 Å². The molecule has 116 valence electrons. The van der Waals surface area contributed by atoms with E-state index < -0.39 is 0 Å². The van der Waals surface area contributed by atoms with Crippen LogP contribution >= 0.6 is 0 Å². The Labute approximate surface area is 127 Å². The molecule has 2 rings (SSSR count). The van der Waals surface area contributed by atoms with Gasteiger partial charge in [0.1, 0.15) is 0 Å². The van der Waals surface area contributed by atoms with Crippen molar-refractivity contribution in [2.24, 2.45) is 5.92 Å². The van der Waals surface area contributed by atoms with Crippen molar-refractivity contribution >= 4 is 5.69 Å². The third-order valence-electron chi connectivity index (χ3n) is 4.83. The lowest BCUT2D eigenvalue weighted by Crippen LogP contribution is -2.36. The maximum atomic E-state index is 11.0. The monoisotopic (exact) mass is 290 g/mol. The molecule has 1 unspecified atom stereocenters. The maximum Gasteiger partial charge on any atom is 0.272 e. The minimum absolute atomic E-state index is 0.222. The summed E-state index contributed by atoms with van der Waals surface area (Å²) >= 11 is 0. The van der Waals surface area contributed by atoms with E-state index in [1.165, 1.54) is 32.1 Å². The third kappa shape index (κ3) is 4.03. The number of hydrogen-bond acceptors (Lipinski definition) is 3. The van der Waals surface area contributed by atoms with Crippen LogP contribution in [0.5, 0.6) is 0 Å². The summed E-state index contributed by atoms with van der Waals surface area (Å²) in [5, 5.41) is 14.6. The fourth-order valence-corrected chi connectivity index (χ4v) is 3.48. The number of nitro benzene ring substituents is 1. The molecule has 1 aliphatic carbocycles. The normalized spacial score (nSPS) is 17.6. The summed E-state index contributed by atoms with van der Waals surface area (Å²) in [5.41, 5.74) is 2.05. The van der Waals surface area contributed by atoms with E-state index in [4.69, 9.17) is 0 Å². The standard InChI is InChI=1S/C17H26N2O2/c1-3-16(14-8-5-4-6-9-14)18-12-15-10-7-11-17(13(15)2)19(20)21/h7,10-11,14,16,18H,3-6,8-9,12H2,1-2H3. The first-order chi connectivity index (χ1) is 10.1. The molecule has 0 aromatic heterocycles. The van der Waals surface area contributed by atoms with E-state index in [2.05, 4.69) is 12.2 Å². The average molecular weight is 290 g/mol. The van der Waals surface area contributed by atoms with E-state index >= 15 is 0 Å². The molecule has 0 aliphatic heterocycles. The molecule has 1 N–H and O–H groups in total. The third-order valence-corrected chi connectivity index (χ3v) is 4.83. The molecule has 1 aliphatic rings. The van der Waals surface area contributed by atoms with E-state index in [1.54, 1.807) is 12.1 Å². The molecule has 1 saturated carbocycles. The van der Waals surface area contributed by atoms with Crippen LogP contribution in [0, 0.1) is 23.0 Å². The van der Waals surface area contributed by atoms with Gasteiger partial charge >= 0.3 is 0 Å². The van der Waals surface area contributed by atoms with Crippen LogP contribution in [0.25, 0.3) is 0 Å². The summed E-state index contributed by atoms with van der Waals surface area (Å²) in [7, 11) is 0. The summed E-state index contributed by atoms with van der Waals surface area (Å²) in [5.74, 6) is 0.766. The molecular formula is C17H26N2O2. The van der Waals surface area contributed by atoms with Crippen LogP contribution < -0.4 is 5.32 Å². The van der Waals surface area contributed by atoms with Crippen molar-refractivity contribution in [2.75, 3.05) is 0 Å². The molecule has 0 radical (unpaired) electrons. The van der Waals surface area contributed by atoms with Crippen LogP contribution in [0.1, 0.15) is 56.6 Å². The van der Waals surface area contributed by atoms with Crippen LogP contribution in [0.2, 0.25) is 0 Å². The van der Waals surface area contributed by atoms with Crippen molar-refractivity contribution in [3.63, 3.8) is 0 Å². The molecule has 0 amide bonds. The number of nitro groups is 1. The molecule has 21 heavy (non-hydrogen) atoms. The lowest BCUT2D eigenvalue weighted by Gasteiger charge is -2.30. The first kappa shape index (κ1) is 16.0. The zero-order valence-electron chi connectivity index (χ0n) is 13.1. The molecule has 1 aromatic rings. The highest BCUT2D eigenvalue weighted by Gasteiger charge is 2.22. The van der Waals surface area contributed by atoms with E-state index in [1.807, 2.05) is 13.0 Å². The van der Waals surface area contributed by atoms with Gasteiger partial charge in [0.05, 0.1) is 4.92 Å². The lowest BCUT2D eigenvalue weighted by atomic mass is 9.83. The number of nitrogens with one attached hydrogen (secondary N) is 1. The van der Waals surface area contributed by atoms with Gasteiger partial charge in [-0.1, -0.05) is 38.3 Å². The summed E-state index contributed by atoms with van der Waals surface area (Å²) in [6.45, 7) is 4.80.